The van der Waals surface area contributed by atoms with Crippen LogP contribution in [0.2, 0.25) is 0 Å². The zero-order valence-electron chi connectivity index (χ0n) is 23.8. The molecule has 11 nitrogen and oxygen atoms in total. The number of benzene rings is 2. The summed E-state index contributed by atoms with van der Waals surface area (Å²) in [6.07, 6.45) is -1.47. The van der Waals surface area contributed by atoms with E-state index >= 15 is 0 Å². The summed E-state index contributed by atoms with van der Waals surface area (Å²) < 4.78 is 98.3. The molecule has 4 aromatic rings. The van der Waals surface area contributed by atoms with Gasteiger partial charge in [-0.15, -0.1) is 0 Å². The molecule has 2 aromatic carbocycles. The first-order chi connectivity index (χ1) is 21.8. The number of anilines is 2. The monoisotopic (exact) mass is 662 g/mol. The van der Waals surface area contributed by atoms with E-state index in [2.05, 4.69) is 19.7 Å². The van der Waals surface area contributed by atoms with Crippen LogP contribution in [0.15, 0.2) is 72.0 Å². The summed E-state index contributed by atoms with van der Waals surface area (Å²) >= 11 is 0. The Hall–Kier alpha value is -5.19. The third kappa shape index (κ3) is 6.88. The molecule has 1 aliphatic rings. The quantitative estimate of drug-likeness (QED) is 0.219. The Morgan fingerprint density at radius 2 is 1.67 bits per heavy atom. The minimum atomic E-state index is -5.07. The highest BCUT2D eigenvalue weighted by Crippen LogP contribution is 2.33. The van der Waals surface area contributed by atoms with E-state index in [1.165, 1.54) is 30.6 Å². The fourth-order valence-electron chi connectivity index (χ4n) is 4.70. The fourth-order valence-corrected chi connectivity index (χ4v) is 5.81. The van der Waals surface area contributed by atoms with Gasteiger partial charge < -0.3 is 14.5 Å². The van der Waals surface area contributed by atoms with E-state index in [1.807, 2.05) is 4.90 Å². The van der Waals surface area contributed by atoms with E-state index in [4.69, 9.17) is 4.74 Å². The van der Waals surface area contributed by atoms with Gasteiger partial charge in [0, 0.05) is 55.5 Å². The normalized spacial score (nSPS) is 14.1. The van der Waals surface area contributed by atoms with Crippen LogP contribution in [0.5, 0.6) is 5.88 Å². The number of nitrogens with one attached hydrogen (secondary N) is 1. The highest BCUT2D eigenvalue weighted by molar-refractivity contribution is 7.92. The Morgan fingerprint density at radius 3 is 2.35 bits per heavy atom. The molecule has 0 unspecified atom stereocenters. The number of hydrogen-bond donors (Lipinski definition) is 1. The van der Waals surface area contributed by atoms with E-state index in [1.54, 1.807) is 18.2 Å². The third-order valence-electron chi connectivity index (χ3n) is 6.97. The molecule has 0 bridgehead atoms. The second-order valence-electron chi connectivity index (χ2n) is 9.90. The van der Waals surface area contributed by atoms with Gasteiger partial charge in [-0.1, -0.05) is 6.07 Å². The number of methoxy groups -OCH3 is 1. The van der Waals surface area contributed by atoms with Crippen molar-refractivity contribution in [2.24, 2.45) is 0 Å². The lowest BCUT2D eigenvalue weighted by atomic mass is 10.0. The van der Waals surface area contributed by atoms with Crippen LogP contribution < -0.4 is 14.4 Å². The summed E-state index contributed by atoms with van der Waals surface area (Å²) in [7, 11) is -3.24. The average Bonchev–Trinajstić information content (AvgIpc) is 3.02. The number of carbonyl (C=O) groups is 2. The number of alkyl halides is 3. The lowest BCUT2D eigenvalue weighted by molar-refractivity contribution is -0.165. The van der Waals surface area contributed by atoms with Crippen molar-refractivity contribution >= 4 is 44.1 Å². The lowest BCUT2D eigenvalue weighted by Gasteiger charge is -2.35. The second-order valence-corrected chi connectivity index (χ2v) is 11.5. The Kier molecular flexibility index (Phi) is 8.87. The molecule has 3 heterocycles. The predicted molar refractivity (Wildman–Crippen MR) is 155 cm³/mol. The zero-order valence-corrected chi connectivity index (χ0v) is 24.6. The molecule has 1 saturated heterocycles. The summed E-state index contributed by atoms with van der Waals surface area (Å²) in [4.78, 5) is 38.7. The summed E-state index contributed by atoms with van der Waals surface area (Å²) in [5.74, 6) is -4.67. The number of carbonyl (C=O) groups excluding carboxylic acids is 2. The van der Waals surface area contributed by atoms with E-state index in [-0.39, 0.29) is 43.8 Å². The van der Waals surface area contributed by atoms with Crippen molar-refractivity contribution in [1.29, 1.82) is 0 Å². The standard InChI is InChI=1S/C29H23F5N6O5S/c1-45-28-23(38-46(43,44)24-5-3-19(30)14-21(24)31)13-18(15-35-28)17-2-4-22-20(12-17)27(37-16-36-22)40-10-8-39(9-11-40)26(42)7-6-25(41)29(32,33)34/h2-7,12-16,38H,8-11H2,1H3/b7-6+. The van der Waals surface area contributed by atoms with Gasteiger partial charge in [-0.3, -0.25) is 14.3 Å². The van der Waals surface area contributed by atoms with Crippen LogP contribution in [-0.2, 0) is 19.6 Å². The van der Waals surface area contributed by atoms with Crippen molar-refractivity contribution < 1.29 is 44.7 Å². The topological polar surface area (TPSA) is 135 Å². The fraction of sp³-hybridized carbons (Fsp3) is 0.207. The highest BCUT2D eigenvalue weighted by atomic mass is 32.2. The van der Waals surface area contributed by atoms with Gasteiger partial charge in [0.05, 0.1) is 12.6 Å². The number of fused-ring (bicyclic) bond motifs is 1. The smallest absolute Gasteiger partial charge is 0.454 e. The van der Waals surface area contributed by atoms with Crippen molar-refractivity contribution in [3.05, 3.63) is 78.8 Å². The molecule has 1 N–H and O–H groups in total. The van der Waals surface area contributed by atoms with Gasteiger partial charge in [0.15, 0.2) is 0 Å². The first-order valence-electron chi connectivity index (χ1n) is 13.4. The van der Waals surface area contributed by atoms with Crippen LogP contribution in [-0.4, -0.2) is 79.4 Å². The maximum absolute atomic E-state index is 14.3. The number of pyridine rings is 1. The highest BCUT2D eigenvalue weighted by Gasteiger charge is 2.36. The Bertz CT molecular complexity index is 1960. The van der Waals surface area contributed by atoms with Gasteiger partial charge in [0.25, 0.3) is 15.8 Å². The number of hydrogen-bond acceptors (Lipinski definition) is 9. The van der Waals surface area contributed by atoms with Crippen LogP contribution in [0.25, 0.3) is 22.0 Å². The molecule has 2 aromatic heterocycles. The van der Waals surface area contributed by atoms with Gasteiger partial charge in [-0.05, 0) is 42.0 Å². The Morgan fingerprint density at radius 1 is 0.935 bits per heavy atom. The minimum absolute atomic E-state index is 0.107. The van der Waals surface area contributed by atoms with Crippen molar-refractivity contribution in [2.45, 2.75) is 11.1 Å². The van der Waals surface area contributed by atoms with Gasteiger partial charge in [0.1, 0.15) is 34.4 Å². The Labute approximate surface area is 258 Å². The van der Waals surface area contributed by atoms with Crippen molar-refractivity contribution in [3.8, 4) is 17.0 Å². The first-order valence-corrected chi connectivity index (χ1v) is 14.9. The maximum atomic E-state index is 14.3. The van der Waals surface area contributed by atoms with Crippen molar-refractivity contribution in [1.82, 2.24) is 19.9 Å². The zero-order chi connectivity index (χ0) is 33.2. The van der Waals surface area contributed by atoms with Gasteiger partial charge in [-0.25, -0.2) is 32.2 Å². The summed E-state index contributed by atoms with van der Waals surface area (Å²) in [6.45, 7) is 0.850. The van der Waals surface area contributed by atoms with E-state index in [0.29, 0.717) is 40.0 Å². The predicted octanol–water partition coefficient (Wildman–Crippen LogP) is 4.12. The molecule has 1 fully saturated rings. The molecule has 0 radical (unpaired) electrons. The number of amides is 1. The van der Waals surface area contributed by atoms with Crippen LogP contribution in [0.1, 0.15) is 0 Å². The number of ketones is 1. The number of ether oxygens (including phenoxy) is 1. The second kappa shape index (κ2) is 12.7. The summed E-state index contributed by atoms with van der Waals surface area (Å²) in [6, 6.07) is 8.65. The summed E-state index contributed by atoms with van der Waals surface area (Å²) in [5.41, 5.74) is 1.46. The molecule has 17 heteroatoms. The number of aromatic nitrogens is 3. The third-order valence-corrected chi connectivity index (χ3v) is 8.37. The van der Waals surface area contributed by atoms with Gasteiger partial charge in [-0.2, -0.15) is 13.2 Å². The number of halogens is 5. The summed E-state index contributed by atoms with van der Waals surface area (Å²) in [5, 5.41) is 0.599. The number of rotatable bonds is 8. The first kappa shape index (κ1) is 32.2. The molecule has 46 heavy (non-hydrogen) atoms. The Balaban J connectivity index is 1.39. The van der Waals surface area contributed by atoms with Crippen LogP contribution in [0, 0.1) is 11.6 Å². The molecule has 0 saturated carbocycles. The average molecular weight is 663 g/mol. The molecule has 5 rings (SSSR count). The van der Waals surface area contributed by atoms with Crippen LogP contribution >= 0.6 is 0 Å². The molecule has 1 amide bonds. The van der Waals surface area contributed by atoms with Gasteiger partial charge in [0.2, 0.25) is 11.8 Å². The minimum Gasteiger partial charge on any atom is -0.480 e. The largest absolute Gasteiger partial charge is 0.480 e. The van der Waals surface area contributed by atoms with Gasteiger partial charge >= 0.3 is 6.18 Å². The number of sulfonamides is 1. The van der Waals surface area contributed by atoms with E-state index < -0.39 is 44.4 Å². The SMILES string of the molecule is COc1ncc(-c2ccc3ncnc(N4CCN(C(=O)/C=C/C(=O)C(F)(F)F)CC4)c3c2)cc1NS(=O)(=O)c1ccc(F)cc1F. The van der Waals surface area contributed by atoms with E-state index in [9.17, 15) is 40.0 Å². The molecule has 0 aliphatic carbocycles. The van der Waals surface area contributed by atoms with E-state index in [0.717, 1.165) is 12.1 Å². The molecular weight excluding hydrogens is 639 g/mol. The molecule has 240 valence electrons. The lowest BCUT2D eigenvalue weighted by Crippen LogP contribution is -2.48. The number of piperazine rings is 1. The van der Waals surface area contributed by atoms with Crippen molar-refractivity contribution in [2.75, 3.05) is 42.9 Å². The van der Waals surface area contributed by atoms with Crippen LogP contribution in [0.3, 0.4) is 0 Å². The molecule has 0 atom stereocenters. The molecule has 1 aliphatic heterocycles. The maximum Gasteiger partial charge on any atom is 0.454 e. The molecular formula is C29H23F5N6O5S. The number of allylic oxidation sites excluding steroid dienone is 1. The van der Waals surface area contributed by atoms with Crippen LogP contribution in [0.4, 0.5) is 33.5 Å². The number of nitrogens with zero attached hydrogens (tertiary/aromatic N) is 5. The molecule has 0 spiro atoms. The van der Waals surface area contributed by atoms with Crippen molar-refractivity contribution in [3.63, 3.8) is 0 Å².